The number of benzene rings is 2. The normalized spacial score (nSPS) is 11.5. The van der Waals surface area contributed by atoms with Crippen LogP contribution in [0.4, 0.5) is 8.78 Å². The number of halogens is 2. The van der Waals surface area contributed by atoms with Crippen molar-refractivity contribution in [2.24, 2.45) is 0 Å². The lowest BCUT2D eigenvalue weighted by Gasteiger charge is -2.20. The first-order chi connectivity index (χ1) is 9.83. The molecule has 0 heterocycles. The summed E-state index contributed by atoms with van der Waals surface area (Å²) in [7, 11) is 0. The molecule has 2 aromatic rings. The first-order valence-corrected chi connectivity index (χ1v) is 6.80. The van der Waals surface area contributed by atoms with Gasteiger partial charge in [-0.1, -0.05) is 12.1 Å². The molecule has 2 nitrogen and oxygen atoms in total. The van der Waals surface area contributed by atoms with Gasteiger partial charge in [-0.05, 0) is 50.6 Å². The van der Waals surface area contributed by atoms with Gasteiger partial charge < -0.3 is 10.1 Å². The van der Waals surface area contributed by atoms with Gasteiger partial charge in [-0.3, -0.25) is 0 Å². The molecule has 0 aliphatic rings. The third-order valence-corrected chi connectivity index (χ3v) is 2.84. The maximum absolute atomic E-state index is 14.0. The predicted octanol–water partition coefficient (Wildman–Crippen LogP) is 4.65. The van der Waals surface area contributed by atoms with Crippen LogP contribution in [-0.4, -0.2) is 5.54 Å². The quantitative estimate of drug-likeness (QED) is 0.885. The van der Waals surface area contributed by atoms with E-state index in [0.29, 0.717) is 6.54 Å². The van der Waals surface area contributed by atoms with Gasteiger partial charge in [-0.25, -0.2) is 8.78 Å². The molecule has 0 atom stereocenters. The molecule has 0 amide bonds. The molecule has 0 fully saturated rings. The van der Waals surface area contributed by atoms with Gasteiger partial charge in [-0.2, -0.15) is 0 Å². The minimum Gasteiger partial charge on any atom is -0.454 e. The minimum atomic E-state index is -0.465. The fourth-order valence-corrected chi connectivity index (χ4v) is 1.76. The Balaban J connectivity index is 2.09. The van der Waals surface area contributed by atoms with Crippen molar-refractivity contribution in [1.82, 2.24) is 5.32 Å². The number of hydrogen-bond acceptors (Lipinski definition) is 2. The van der Waals surface area contributed by atoms with Crippen LogP contribution in [0.3, 0.4) is 0 Å². The van der Waals surface area contributed by atoms with E-state index in [1.54, 1.807) is 18.2 Å². The molecule has 0 unspecified atom stereocenters. The molecule has 0 radical (unpaired) electrons. The van der Waals surface area contributed by atoms with Crippen molar-refractivity contribution in [3.8, 4) is 11.5 Å². The molecule has 2 aromatic carbocycles. The zero-order valence-electron chi connectivity index (χ0n) is 12.4. The first kappa shape index (κ1) is 15.4. The summed E-state index contributed by atoms with van der Waals surface area (Å²) in [4.78, 5) is 0. The van der Waals surface area contributed by atoms with Gasteiger partial charge >= 0.3 is 0 Å². The van der Waals surface area contributed by atoms with E-state index in [1.807, 2.05) is 20.8 Å². The monoisotopic (exact) mass is 291 g/mol. The molecule has 112 valence electrons. The Kier molecular flexibility index (Phi) is 4.58. The average Bonchev–Trinajstić information content (AvgIpc) is 2.38. The van der Waals surface area contributed by atoms with Crippen molar-refractivity contribution in [2.45, 2.75) is 32.9 Å². The third kappa shape index (κ3) is 4.83. The van der Waals surface area contributed by atoms with E-state index < -0.39 is 11.6 Å². The highest BCUT2D eigenvalue weighted by Crippen LogP contribution is 2.25. The maximum atomic E-state index is 14.0. The topological polar surface area (TPSA) is 21.3 Å². The molecule has 0 spiro atoms. The van der Waals surface area contributed by atoms with Gasteiger partial charge in [0.1, 0.15) is 11.6 Å². The van der Waals surface area contributed by atoms with Crippen LogP contribution in [0.15, 0.2) is 42.5 Å². The summed E-state index contributed by atoms with van der Waals surface area (Å²) in [6, 6.07) is 10.4. The van der Waals surface area contributed by atoms with Crippen molar-refractivity contribution < 1.29 is 13.5 Å². The first-order valence-electron chi connectivity index (χ1n) is 6.80. The van der Waals surface area contributed by atoms with E-state index in [4.69, 9.17) is 4.74 Å². The summed E-state index contributed by atoms with van der Waals surface area (Å²) < 4.78 is 32.4. The minimum absolute atomic E-state index is 0.0345. The predicted molar refractivity (Wildman–Crippen MR) is 79.5 cm³/mol. The molecule has 0 saturated carbocycles. The summed E-state index contributed by atoms with van der Waals surface area (Å²) in [5.74, 6) is -0.527. The van der Waals surface area contributed by atoms with Gasteiger partial charge in [0.25, 0.3) is 0 Å². The van der Waals surface area contributed by atoms with E-state index in [1.165, 1.54) is 24.3 Å². The van der Waals surface area contributed by atoms with Crippen molar-refractivity contribution in [1.29, 1.82) is 0 Å². The smallest absolute Gasteiger partial charge is 0.166 e. The fourth-order valence-electron chi connectivity index (χ4n) is 1.76. The second-order valence-electron chi connectivity index (χ2n) is 5.93. The summed E-state index contributed by atoms with van der Waals surface area (Å²) in [5.41, 5.74) is 0.793. The number of nitrogens with one attached hydrogen (secondary N) is 1. The molecule has 4 heteroatoms. The van der Waals surface area contributed by atoms with Crippen LogP contribution < -0.4 is 10.1 Å². The van der Waals surface area contributed by atoms with Crippen molar-refractivity contribution >= 4 is 0 Å². The van der Waals surface area contributed by atoms with E-state index in [0.717, 1.165) is 5.56 Å². The molecule has 21 heavy (non-hydrogen) atoms. The Morgan fingerprint density at radius 3 is 2.43 bits per heavy atom. The van der Waals surface area contributed by atoms with Gasteiger partial charge in [0.15, 0.2) is 11.6 Å². The molecule has 0 bridgehead atoms. The molecular weight excluding hydrogens is 272 g/mol. The Morgan fingerprint density at radius 2 is 1.81 bits per heavy atom. The lowest BCUT2D eigenvalue weighted by Crippen LogP contribution is -2.35. The molecular formula is C17H19F2NO. The van der Waals surface area contributed by atoms with Gasteiger partial charge in [0, 0.05) is 18.2 Å². The standard InChI is InChI=1S/C17H19F2NO/c1-17(2,3)20-11-12-7-8-16(15(19)9-12)21-14-6-4-5-13(18)10-14/h4-10,20H,11H2,1-3H3. The maximum Gasteiger partial charge on any atom is 0.166 e. The lowest BCUT2D eigenvalue weighted by atomic mass is 10.1. The second-order valence-corrected chi connectivity index (χ2v) is 5.93. The summed E-state index contributed by atoms with van der Waals surface area (Å²) >= 11 is 0. The van der Waals surface area contributed by atoms with Crippen LogP contribution in [-0.2, 0) is 6.54 Å². The van der Waals surface area contributed by atoms with Crippen molar-refractivity contribution in [3.05, 3.63) is 59.7 Å². The summed E-state index contributed by atoms with van der Waals surface area (Å²) in [6.45, 7) is 6.71. The highest BCUT2D eigenvalue weighted by atomic mass is 19.1. The molecule has 0 aliphatic carbocycles. The van der Waals surface area contributed by atoms with Crippen LogP contribution in [0.25, 0.3) is 0 Å². The SMILES string of the molecule is CC(C)(C)NCc1ccc(Oc2cccc(F)c2)c(F)c1. The summed E-state index contributed by atoms with van der Waals surface area (Å²) in [6.07, 6.45) is 0. The van der Waals surface area contributed by atoms with Gasteiger partial charge in [-0.15, -0.1) is 0 Å². The van der Waals surface area contributed by atoms with E-state index in [2.05, 4.69) is 5.32 Å². The molecule has 0 saturated heterocycles. The number of rotatable bonds is 4. The van der Waals surface area contributed by atoms with Crippen molar-refractivity contribution in [2.75, 3.05) is 0 Å². The highest BCUT2D eigenvalue weighted by Gasteiger charge is 2.10. The zero-order chi connectivity index (χ0) is 15.5. The van der Waals surface area contributed by atoms with Crippen molar-refractivity contribution in [3.63, 3.8) is 0 Å². The molecule has 1 N–H and O–H groups in total. The number of hydrogen-bond donors (Lipinski definition) is 1. The third-order valence-electron chi connectivity index (χ3n) is 2.84. The Morgan fingerprint density at radius 1 is 1.05 bits per heavy atom. The van der Waals surface area contributed by atoms with Crippen LogP contribution in [0.5, 0.6) is 11.5 Å². The Labute approximate surface area is 123 Å². The van der Waals surface area contributed by atoms with Crippen LogP contribution in [0.2, 0.25) is 0 Å². The average molecular weight is 291 g/mol. The zero-order valence-corrected chi connectivity index (χ0v) is 12.4. The summed E-state index contributed by atoms with van der Waals surface area (Å²) in [5, 5.41) is 3.28. The Bertz CT molecular complexity index is 620. The van der Waals surface area contributed by atoms with Gasteiger partial charge in [0.2, 0.25) is 0 Å². The highest BCUT2D eigenvalue weighted by molar-refractivity contribution is 5.34. The van der Waals surface area contributed by atoms with Gasteiger partial charge in [0.05, 0.1) is 0 Å². The van der Waals surface area contributed by atoms with Crippen LogP contribution >= 0.6 is 0 Å². The van der Waals surface area contributed by atoms with E-state index in [9.17, 15) is 8.78 Å². The Hall–Kier alpha value is -1.94. The molecule has 0 aromatic heterocycles. The number of ether oxygens (including phenoxy) is 1. The second kappa shape index (κ2) is 6.22. The van der Waals surface area contributed by atoms with Crippen LogP contribution in [0, 0.1) is 11.6 Å². The largest absolute Gasteiger partial charge is 0.454 e. The van der Waals surface area contributed by atoms with E-state index >= 15 is 0 Å². The molecule has 0 aliphatic heterocycles. The van der Waals surface area contributed by atoms with Crippen LogP contribution in [0.1, 0.15) is 26.3 Å². The van der Waals surface area contributed by atoms with E-state index in [-0.39, 0.29) is 17.0 Å². The lowest BCUT2D eigenvalue weighted by molar-refractivity contribution is 0.420. The fraction of sp³-hybridized carbons (Fsp3) is 0.294. The molecule has 2 rings (SSSR count).